The molecule has 0 atom stereocenters. The van der Waals surface area contributed by atoms with Gasteiger partial charge in [0.25, 0.3) is 0 Å². The van der Waals surface area contributed by atoms with E-state index in [0.29, 0.717) is 6.04 Å². The standard InChI is InChI=1S/C14H23N3O/c1-18-13-7-8-14(16-11-13)17(10-4-9-15)12-5-2-3-6-12/h7-8,11-12H,2-6,9-10,15H2,1H3. The Labute approximate surface area is 109 Å². The molecule has 1 aliphatic rings. The van der Waals surface area contributed by atoms with Crippen LogP contribution in [0.1, 0.15) is 32.1 Å². The second-order valence-electron chi connectivity index (χ2n) is 4.83. The molecule has 1 aliphatic carbocycles. The minimum Gasteiger partial charge on any atom is -0.495 e. The molecule has 1 aromatic rings. The van der Waals surface area contributed by atoms with Gasteiger partial charge in [0.2, 0.25) is 0 Å². The van der Waals surface area contributed by atoms with Gasteiger partial charge in [0, 0.05) is 12.6 Å². The molecule has 0 aromatic carbocycles. The summed E-state index contributed by atoms with van der Waals surface area (Å²) in [6, 6.07) is 4.66. The van der Waals surface area contributed by atoms with E-state index in [-0.39, 0.29) is 0 Å². The van der Waals surface area contributed by atoms with E-state index in [1.165, 1.54) is 25.7 Å². The summed E-state index contributed by atoms with van der Waals surface area (Å²) < 4.78 is 5.15. The Bertz CT molecular complexity index is 347. The summed E-state index contributed by atoms with van der Waals surface area (Å²) in [6.45, 7) is 1.74. The van der Waals surface area contributed by atoms with Crippen molar-refractivity contribution in [3.8, 4) is 5.75 Å². The molecule has 0 bridgehead atoms. The van der Waals surface area contributed by atoms with Gasteiger partial charge in [0.1, 0.15) is 11.6 Å². The van der Waals surface area contributed by atoms with Crippen LogP contribution in [0.15, 0.2) is 18.3 Å². The summed E-state index contributed by atoms with van der Waals surface area (Å²) in [5, 5.41) is 0. The maximum Gasteiger partial charge on any atom is 0.137 e. The van der Waals surface area contributed by atoms with Crippen LogP contribution in [0.4, 0.5) is 5.82 Å². The molecular formula is C14H23N3O. The Morgan fingerprint density at radius 3 is 2.72 bits per heavy atom. The summed E-state index contributed by atoms with van der Waals surface area (Å²) in [7, 11) is 1.67. The molecule has 1 aromatic heterocycles. The lowest BCUT2D eigenvalue weighted by atomic mass is 10.2. The Morgan fingerprint density at radius 2 is 2.17 bits per heavy atom. The summed E-state index contributed by atoms with van der Waals surface area (Å²) in [6.07, 6.45) is 8.03. The minimum absolute atomic E-state index is 0.637. The fourth-order valence-corrected chi connectivity index (χ4v) is 2.62. The van der Waals surface area contributed by atoms with Crippen molar-refractivity contribution in [1.29, 1.82) is 0 Å². The number of pyridine rings is 1. The third-order valence-electron chi connectivity index (χ3n) is 3.62. The van der Waals surface area contributed by atoms with Crippen molar-refractivity contribution in [2.24, 2.45) is 5.73 Å². The van der Waals surface area contributed by atoms with Crippen LogP contribution >= 0.6 is 0 Å². The molecular weight excluding hydrogens is 226 g/mol. The third-order valence-corrected chi connectivity index (χ3v) is 3.62. The predicted molar refractivity (Wildman–Crippen MR) is 74.1 cm³/mol. The minimum atomic E-state index is 0.637. The molecule has 18 heavy (non-hydrogen) atoms. The van der Waals surface area contributed by atoms with Crippen molar-refractivity contribution in [3.05, 3.63) is 18.3 Å². The lowest BCUT2D eigenvalue weighted by molar-refractivity contribution is 0.412. The number of hydrogen-bond acceptors (Lipinski definition) is 4. The van der Waals surface area contributed by atoms with Crippen LogP contribution < -0.4 is 15.4 Å². The molecule has 2 rings (SSSR count). The first-order chi connectivity index (χ1) is 8.85. The van der Waals surface area contributed by atoms with Gasteiger partial charge in [-0.2, -0.15) is 0 Å². The average Bonchev–Trinajstić information content (AvgIpc) is 2.94. The largest absolute Gasteiger partial charge is 0.495 e. The summed E-state index contributed by atoms with van der Waals surface area (Å²) in [5.41, 5.74) is 5.63. The molecule has 0 amide bonds. The molecule has 2 N–H and O–H groups in total. The SMILES string of the molecule is COc1ccc(N(CCCN)C2CCCC2)nc1. The highest BCUT2D eigenvalue weighted by atomic mass is 16.5. The van der Waals surface area contributed by atoms with Crippen molar-refractivity contribution < 1.29 is 4.74 Å². The number of hydrogen-bond donors (Lipinski definition) is 1. The maximum atomic E-state index is 5.63. The van der Waals surface area contributed by atoms with E-state index in [1.807, 2.05) is 12.1 Å². The van der Waals surface area contributed by atoms with E-state index in [1.54, 1.807) is 13.3 Å². The summed E-state index contributed by atoms with van der Waals surface area (Å²) in [4.78, 5) is 6.92. The van der Waals surface area contributed by atoms with Gasteiger partial charge in [0.15, 0.2) is 0 Å². The van der Waals surface area contributed by atoms with E-state index in [4.69, 9.17) is 10.5 Å². The summed E-state index contributed by atoms with van der Waals surface area (Å²) >= 11 is 0. The molecule has 4 heteroatoms. The molecule has 1 saturated carbocycles. The molecule has 0 radical (unpaired) electrons. The summed E-state index contributed by atoms with van der Waals surface area (Å²) in [5.74, 6) is 1.86. The zero-order chi connectivity index (χ0) is 12.8. The number of nitrogens with zero attached hydrogens (tertiary/aromatic N) is 2. The van der Waals surface area contributed by atoms with Crippen LogP contribution in [0.2, 0.25) is 0 Å². The molecule has 0 unspecified atom stereocenters. The van der Waals surface area contributed by atoms with Gasteiger partial charge in [-0.25, -0.2) is 4.98 Å². The topological polar surface area (TPSA) is 51.4 Å². The van der Waals surface area contributed by atoms with E-state index < -0.39 is 0 Å². The Hall–Kier alpha value is -1.29. The lowest BCUT2D eigenvalue weighted by Crippen LogP contribution is -2.35. The maximum absolute atomic E-state index is 5.63. The fourth-order valence-electron chi connectivity index (χ4n) is 2.62. The number of aromatic nitrogens is 1. The monoisotopic (exact) mass is 249 g/mol. The number of anilines is 1. The highest BCUT2D eigenvalue weighted by Gasteiger charge is 2.23. The number of rotatable bonds is 6. The highest BCUT2D eigenvalue weighted by molar-refractivity contribution is 5.42. The van der Waals surface area contributed by atoms with Crippen LogP contribution in [-0.4, -0.2) is 31.2 Å². The number of methoxy groups -OCH3 is 1. The van der Waals surface area contributed by atoms with Crippen molar-refractivity contribution in [1.82, 2.24) is 4.98 Å². The third kappa shape index (κ3) is 3.13. The van der Waals surface area contributed by atoms with Crippen LogP contribution in [0, 0.1) is 0 Å². The first-order valence-electron chi connectivity index (χ1n) is 6.82. The Kier molecular flexibility index (Phi) is 4.81. The number of nitrogens with two attached hydrogens (primary N) is 1. The van der Waals surface area contributed by atoms with Gasteiger partial charge in [-0.3, -0.25) is 0 Å². The van der Waals surface area contributed by atoms with Gasteiger partial charge >= 0.3 is 0 Å². The van der Waals surface area contributed by atoms with Gasteiger partial charge in [-0.15, -0.1) is 0 Å². The zero-order valence-electron chi connectivity index (χ0n) is 11.1. The van der Waals surface area contributed by atoms with Crippen molar-refractivity contribution >= 4 is 5.82 Å². The Morgan fingerprint density at radius 1 is 1.39 bits per heavy atom. The normalized spacial score (nSPS) is 15.9. The van der Waals surface area contributed by atoms with E-state index in [2.05, 4.69) is 9.88 Å². The predicted octanol–water partition coefficient (Wildman–Crippen LogP) is 2.19. The molecule has 1 fully saturated rings. The van der Waals surface area contributed by atoms with E-state index in [9.17, 15) is 0 Å². The smallest absolute Gasteiger partial charge is 0.137 e. The van der Waals surface area contributed by atoms with E-state index >= 15 is 0 Å². The molecule has 0 spiro atoms. The van der Waals surface area contributed by atoms with Crippen LogP contribution in [0.3, 0.4) is 0 Å². The fraction of sp³-hybridized carbons (Fsp3) is 0.643. The van der Waals surface area contributed by atoms with E-state index in [0.717, 1.165) is 31.1 Å². The van der Waals surface area contributed by atoms with Gasteiger partial charge in [-0.1, -0.05) is 12.8 Å². The molecule has 1 heterocycles. The van der Waals surface area contributed by atoms with Crippen LogP contribution in [0.5, 0.6) is 5.75 Å². The zero-order valence-corrected chi connectivity index (χ0v) is 11.1. The molecule has 100 valence electrons. The quantitative estimate of drug-likeness (QED) is 0.839. The lowest BCUT2D eigenvalue weighted by Gasteiger charge is -2.30. The second kappa shape index (κ2) is 6.59. The molecule has 4 nitrogen and oxygen atoms in total. The van der Waals surface area contributed by atoms with Gasteiger partial charge < -0.3 is 15.4 Å². The first kappa shape index (κ1) is 13.1. The number of ether oxygens (including phenoxy) is 1. The molecule has 0 aliphatic heterocycles. The second-order valence-corrected chi connectivity index (χ2v) is 4.83. The van der Waals surface area contributed by atoms with Gasteiger partial charge in [-0.05, 0) is 37.9 Å². The molecule has 0 saturated heterocycles. The first-order valence-corrected chi connectivity index (χ1v) is 6.82. The highest BCUT2D eigenvalue weighted by Crippen LogP contribution is 2.27. The van der Waals surface area contributed by atoms with Crippen molar-refractivity contribution in [3.63, 3.8) is 0 Å². The van der Waals surface area contributed by atoms with Crippen LogP contribution in [-0.2, 0) is 0 Å². The van der Waals surface area contributed by atoms with Crippen LogP contribution in [0.25, 0.3) is 0 Å². The van der Waals surface area contributed by atoms with Crippen molar-refractivity contribution in [2.75, 3.05) is 25.1 Å². The van der Waals surface area contributed by atoms with Crippen molar-refractivity contribution in [2.45, 2.75) is 38.1 Å². The Balaban J connectivity index is 2.10. The average molecular weight is 249 g/mol. The van der Waals surface area contributed by atoms with Gasteiger partial charge in [0.05, 0.1) is 13.3 Å².